The van der Waals surface area contributed by atoms with E-state index in [1.54, 1.807) is 7.11 Å². The van der Waals surface area contributed by atoms with Gasteiger partial charge in [-0.15, -0.1) is 0 Å². The van der Waals surface area contributed by atoms with Crippen molar-refractivity contribution in [3.8, 4) is 11.5 Å². The Hall–Kier alpha value is -1.26. The van der Waals surface area contributed by atoms with Crippen LogP contribution in [0.3, 0.4) is 0 Å². The molecule has 0 radical (unpaired) electrons. The van der Waals surface area contributed by atoms with E-state index < -0.39 is 0 Å². The molecular formula is C15H23NO3. The molecule has 1 aliphatic rings. The molecule has 4 heteroatoms. The van der Waals surface area contributed by atoms with Crippen LogP contribution in [0.4, 0.5) is 0 Å². The molecule has 1 aromatic carbocycles. The van der Waals surface area contributed by atoms with Crippen LogP contribution in [0, 0.1) is 0 Å². The summed E-state index contributed by atoms with van der Waals surface area (Å²) in [5, 5.41) is 0. The first-order valence-corrected chi connectivity index (χ1v) is 6.86. The molecule has 0 amide bonds. The van der Waals surface area contributed by atoms with Crippen LogP contribution in [-0.2, 0) is 11.2 Å². The predicted molar refractivity (Wildman–Crippen MR) is 74.8 cm³/mol. The Kier molecular flexibility index (Phi) is 5.05. The first kappa shape index (κ1) is 14.2. The van der Waals surface area contributed by atoms with Gasteiger partial charge in [0.2, 0.25) is 0 Å². The lowest BCUT2D eigenvalue weighted by atomic mass is 10.1. The summed E-state index contributed by atoms with van der Waals surface area (Å²) in [6, 6.07) is 6.02. The summed E-state index contributed by atoms with van der Waals surface area (Å²) in [5.41, 5.74) is 7.01. The van der Waals surface area contributed by atoms with E-state index in [2.05, 4.69) is 0 Å². The lowest BCUT2D eigenvalue weighted by Gasteiger charge is -2.25. The minimum absolute atomic E-state index is 0.110. The minimum Gasteiger partial charge on any atom is -0.497 e. The van der Waals surface area contributed by atoms with Crippen molar-refractivity contribution in [3.63, 3.8) is 0 Å². The average molecular weight is 265 g/mol. The van der Waals surface area contributed by atoms with E-state index >= 15 is 0 Å². The van der Waals surface area contributed by atoms with Gasteiger partial charge in [0.15, 0.2) is 0 Å². The number of methoxy groups -OCH3 is 1. The van der Waals surface area contributed by atoms with Gasteiger partial charge in [-0.2, -0.15) is 0 Å². The number of hydrogen-bond acceptors (Lipinski definition) is 4. The van der Waals surface area contributed by atoms with Crippen LogP contribution in [-0.4, -0.2) is 32.5 Å². The van der Waals surface area contributed by atoms with Gasteiger partial charge >= 0.3 is 0 Å². The van der Waals surface area contributed by atoms with E-state index in [0.29, 0.717) is 6.61 Å². The molecule has 0 saturated carbocycles. The predicted octanol–water partition coefficient (Wildman–Crippen LogP) is 2.14. The van der Waals surface area contributed by atoms with Crippen molar-refractivity contribution >= 4 is 0 Å². The zero-order chi connectivity index (χ0) is 13.7. The SMILES string of the molecule is COc1ccc(CC(C)N)c(OC2CCCOC2)c1. The molecule has 106 valence electrons. The van der Waals surface area contributed by atoms with E-state index in [9.17, 15) is 0 Å². The van der Waals surface area contributed by atoms with Gasteiger partial charge in [-0.25, -0.2) is 0 Å². The molecule has 4 nitrogen and oxygen atoms in total. The molecule has 2 N–H and O–H groups in total. The van der Waals surface area contributed by atoms with Crippen LogP contribution in [0.15, 0.2) is 18.2 Å². The van der Waals surface area contributed by atoms with E-state index in [1.165, 1.54) is 0 Å². The minimum atomic E-state index is 0.110. The summed E-state index contributed by atoms with van der Waals surface area (Å²) >= 11 is 0. The van der Waals surface area contributed by atoms with Gasteiger partial charge in [0, 0.05) is 18.7 Å². The third kappa shape index (κ3) is 4.11. The summed E-state index contributed by atoms with van der Waals surface area (Å²) in [5.74, 6) is 1.67. The molecule has 0 aliphatic carbocycles. The summed E-state index contributed by atoms with van der Waals surface area (Å²) in [6.45, 7) is 3.50. The second-order valence-electron chi connectivity index (χ2n) is 5.11. The van der Waals surface area contributed by atoms with Crippen molar-refractivity contribution in [1.29, 1.82) is 0 Å². The van der Waals surface area contributed by atoms with Gasteiger partial charge in [0.25, 0.3) is 0 Å². The van der Waals surface area contributed by atoms with Crippen molar-refractivity contribution in [2.45, 2.75) is 38.3 Å². The van der Waals surface area contributed by atoms with Crippen LogP contribution in [0.2, 0.25) is 0 Å². The Morgan fingerprint density at radius 3 is 2.95 bits per heavy atom. The maximum atomic E-state index is 6.07. The summed E-state index contributed by atoms with van der Waals surface area (Å²) < 4.78 is 16.8. The molecule has 0 bridgehead atoms. The van der Waals surface area contributed by atoms with Crippen molar-refractivity contribution in [3.05, 3.63) is 23.8 Å². The van der Waals surface area contributed by atoms with Crippen molar-refractivity contribution in [1.82, 2.24) is 0 Å². The second kappa shape index (κ2) is 6.78. The Bertz CT molecular complexity index is 400. The smallest absolute Gasteiger partial charge is 0.126 e. The molecule has 2 unspecified atom stereocenters. The maximum Gasteiger partial charge on any atom is 0.126 e. The van der Waals surface area contributed by atoms with Gasteiger partial charge in [0.1, 0.15) is 17.6 Å². The van der Waals surface area contributed by atoms with E-state index in [0.717, 1.165) is 42.9 Å². The number of nitrogens with two attached hydrogens (primary N) is 1. The van der Waals surface area contributed by atoms with E-state index in [1.807, 2.05) is 25.1 Å². The van der Waals surface area contributed by atoms with Crippen molar-refractivity contribution < 1.29 is 14.2 Å². The average Bonchev–Trinajstić information content (AvgIpc) is 2.41. The number of ether oxygens (including phenoxy) is 3. The lowest BCUT2D eigenvalue weighted by Crippen LogP contribution is -2.28. The van der Waals surface area contributed by atoms with Crippen LogP contribution < -0.4 is 15.2 Å². The quantitative estimate of drug-likeness (QED) is 0.886. The standard InChI is InChI=1S/C15H23NO3/c1-11(16)8-12-5-6-13(17-2)9-15(12)19-14-4-3-7-18-10-14/h5-6,9,11,14H,3-4,7-8,10,16H2,1-2H3. The second-order valence-corrected chi connectivity index (χ2v) is 5.11. The zero-order valence-corrected chi connectivity index (χ0v) is 11.7. The van der Waals surface area contributed by atoms with Gasteiger partial charge in [-0.3, -0.25) is 0 Å². The summed E-state index contributed by atoms with van der Waals surface area (Å²) in [4.78, 5) is 0. The Balaban J connectivity index is 2.13. The van der Waals surface area contributed by atoms with Crippen LogP contribution >= 0.6 is 0 Å². The fraction of sp³-hybridized carbons (Fsp3) is 0.600. The Morgan fingerprint density at radius 2 is 2.32 bits per heavy atom. The molecular weight excluding hydrogens is 242 g/mol. The normalized spacial score (nSPS) is 20.9. The first-order chi connectivity index (χ1) is 9.19. The maximum absolute atomic E-state index is 6.07. The number of benzene rings is 1. The van der Waals surface area contributed by atoms with Crippen LogP contribution in [0.25, 0.3) is 0 Å². The van der Waals surface area contributed by atoms with Crippen LogP contribution in [0.1, 0.15) is 25.3 Å². The van der Waals surface area contributed by atoms with Crippen molar-refractivity contribution in [2.24, 2.45) is 5.73 Å². The van der Waals surface area contributed by atoms with Gasteiger partial charge < -0.3 is 19.9 Å². The molecule has 0 aromatic heterocycles. The van der Waals surface area contributed by atoms with Crippen molar-refractivity contribution in [2.75, 3.05) is 20.3 Å². The molecule has 2 atom stereocenters. The van der Waals surface area contributed by atoms with E-state index in [4.69, 9.17) is 19.9 Å². The fourth-order valence-corrected chi connectivity index (χ4v) is 2.27. The first-order valence-electron chi connectivity index (χ1n) is 6.86. The lowest BCUT2D eigenvalue weighted by molar-refractivity contribution is 0.00694. The topological polar surface area (TPSA) is 53.7 Å². The zero-order valence-electron chi connectivity index (χ0n) is 11.7. The molecule has 1 saturated heterocycles. The van der Waals surface area contributed by atoms with Gasteiger partial charge in [-0.1, -0.05) is 6.07 Å². The number of rotatable bonds is 5. The molecule has 1 fully saturated rings. The summed E-state index contributed by atoms with van der Waals surface area (Å²) in [7, 11) is 1.66. The molecule has 1 aromatic rings. The molecule has 2 rings (SSSR count). The summed E-state index contributed by atoms with van der Waals surface area (Å²) in [6.07, 6.45) is 3.02. The van der Waals surface area contributed by atoms with Crippen LogP contribution in [0.5, 0.6) is 11.5 Å². The Morgan fingerprint density at radius 1 is 1.47 bits per heavy atom. The number of hydrogen-bond donors (Lipinski definition) is 1. The van der Waals surface area contributed by atoms with Gasteiger partial charge in [0.05, 0.1) is 13.7 Å². The highest BCUT2D eigenvalue weighted by Gasteiger charge is 2.17. The molecule has 1 aliphatic heterocycles. The molecule has 1 heterocycles. The van der Waals surface area contributed by atoms with Gasteiger partial charge in [-0.05, 0) is 37.8 Å². The molecule has 19 heavy (non-hydrogen) atoms. The van der Waals surface area contributed by atoms with E-state index in [-0.39, 0.29) is 12.1 Å². The largest absolute Gasteiger partial charge is 0.497 e. The highest BCUT2D eigenvalue weighted by atomic mass is 16.5. The highest BCUT2D eigenvalue weighted by Crippen LogP contribution is 2.28. The third-order valence-electron chi connectivity index (χ3n) is 3.23. The fourth-order valence-electron chi connectivity index (χ4n) is 2.27. The monoisotopic (exact) mass is 265 g/mol. The third-order valence-corrected chi connectivity index (χ3v) is 3.23. The highest BCUT2D eigenvalue weighted by molar-refractivity contribution is 5.41. The molecule has 0 spiro atoms. The Labute approximate surface area is 114 Å².